The van der Waals surface area contributed by atoms with Crippen LogP contribution in [0.4, 0.5) is 5.69 Å². The van der Waals surface area contributed by atoms with E-state index in [2.05, 4.69) is 43.1 Å². The quantitative estimate of drug-likeness (QED) is 0.818. The molecule has 0 radical (unpaired) electrons. The number of benzene rings is 1. The number of rotatable bonds is 3. The Kier molecular flexibility index (Phi) is 5.00. The first kappa shape index (κ1) is 14.1. The Morgan fingerprint density at radius 2 is 1.79 bits per heavy atom. The molecule has 0 bridgehead atoms. The number of carbonyl (C=O) groups is 1. The fraction of sp³-hybridized carbons (Fsp3) is 0.588. The lowest BCUT2D eigenvalue weighted by Crippen LogP contribution is -2.31. The van der Waals surface area contributed by atoms with Crippen molar-refractivity contribution in [1.82, 2.24) is 0 Å². The zero-order valence-corrected chi connectivity index (χ0v) is 12.2. The Hall–Kier alpha value is -1.31. The highest BCUT2D eigenvalue weighted by molar-refractivity contribution is 5.81. The van der Waals surface area contributed by atoms with Crippen molar-refractivity contribution >= 4 is 11.5 Å². The molecular weight excluding hydrogens is 234 g/mol. The molecule has 1 fully saturated rings. The van der Waals surface area contributed by atoms with Gasteiger partial charge in [-0.2, -0.15) is 0 Å². The molecule has 1 unspecified atom stereocenters. The van der Waals surface area contributed by atoms with Crippen LogP contribution in [0.1, 0.15) is 44.1 Å². The molecule has 0 aliphatic heterocycles. The van der Waals surface area contributed by atoms with Crippen LogP contribution in [-0.2, 0) is 4.79 Å². The van der Waals surface area contributed by atoms with E-state index in [1.807, 2.05) is 0 Å². The van der Waals surface area contributed by atoms with Gasteiger partial charge in [-0.25, -0.2) is 0 Å². The van der Waals surface area contributed by atoms with Crippen molar-refractivity contribution in [2.24, 2.45) is 5.92 Å². The summed E-state index contributed by atoms with van der Waals surface area (Å²) in [5.74, 6) is 0.699. The summed E-state index contributed by atoms with van der Waals surface area (Å²) in [5.41, 5.74) is 2.49. The second-order valence-corrected chi connectivity index (χ2v) is 5.83. The second-order valence-electron chi connectivity index (χ2n) is 5.83. The van der Waals surface area contributed by atoms with E-state index in [9.17, 15) is 4.79 Å². The van der Waals surface area contributed by atoms with Gasteiger partial charge in [0.15, 0.2) is 0 Å². The zero-order chi connectivity index (χ0) is 13.7. The molecule has 0 heterocycles. The lowest BCUT2D eigenvalue weighted by molar-refractivity contribution is -0.123. The fourth-order valence-corrected chi connectivity index (χ4v) is 2.84. The van der Waals surface area contributed by atoms with Gasteiger partial charge >= 0.3 is 0 Å². The maximum atomic E-state index is 12.2. The summed E-state index contributed by atoms with van der Waals surface area (Å²) in [7, 11) is 2.09. The Bertz CT molecular complexity index is 410. The van der Waals surface area contributed by atoms with E-state index in [4.69, 9.17) is 0 Å². The summed E-state index contributed by atoms with van der Waals surface area (Å²) in [5, 5.41) is 0. The maximum absolute atomic E-state index is 12.2. The first-order valence-corrected chi connectivity index (χ1v) is 7.47. The van der Waals surface area contributed by atoms with Crippen LogP contribution in [0.15, 0.2) is 24.3 Å². The van der Waals surface area contributed by atoms with Gasteiger partial charge in [0.05, 0.1) is 0 Å². The van der Waals surface area contributed by atoms with Gasteiger partial charge in [-0.3, -0.25) is 4.79 Å². The van der Waals surface area contributed by atoms with Crippen LogP contribution < -0.4 is 4.90 Å². The third-order valence-corrected chi connectivity index (χ3v) is 4.15. The number of Topliss-reactive ketones (excluding diaryl/α,β-unsaturated/α-hetero) is 1. The van der Waals surface area contributed by atoms with Crippen LogP contribution in [-0.4, -0.2) is 19.4 Å². The molecule has 1 saturated carbocycles. The van der Waals surface area contributed by atoms with Gasteiger partial charge in [0.25, 0.3) is 0 Å². The Morgan fingerprint density at radius 3 is 2.53 bits per heavy atom. The van der Waals surface area contributed by atoms with Crippen molar-refractivity contribution < 1.29 is 4.79 Å². The van der Waals surface area contributed by atoms with Crippen LogP contribution >= 0.6 is 0 Å². The molecule has 0 N–H and O–H groups in total. The number of hydrogen-bond acceptors (Lipinski definition) is 2. The number of nitrogens with zero attached hydrogens (tertiary/aromatic N) is 1. The molecule has 1 aliphatic carbocycles. The van der Waals surface area contributed by atoms with Crippen molar-refractivity contribution in [1.29, 1.82) is 0 Å². The minimum Gasteiger partial charge on any atom is -0.374 e. The van der Waals surface area contributed by atoms with Gasteiger partial charge < -0.3 is 4.90 Å². The summed E-state index contributed by atoms with van der Waals surface area (Å²) in [4.78, 5) is 14.4. The summed E-state index contributed by atoms with van der Waals surface area (Å²) in [6.07, 6.45) is 6.66. The van der Waals surface area contributed by atoms with Crippen LogP contribution in [0.3, 0.4) is 0 Å². The summed E-state index contributed by atoms with van der Waals surface area (Å²) in [6, 6.07) is 8.54. The van der Waals surface area contributed by atoms with Crippen molar-refractivity contribution in [3.8, 4) is 0 Å². The van der Waals surface area contributed by atoms with Gasteiger partial charge in [-0.1, -0.05) is 37.0 Å². The van der Waals surface area contributed by atoms with Gasteiger partial charge in [0, 0.05) is 31.6 Å². The smallest absolute Gasteiger partial charge is 0.137 e. The van der Waals surface area contributed by atoms with E-state index in [0.717, 1.165) is 25.8 Å². The summed E-state index contributed by atoms with van der Waals surface area (Å²) >= 11 is 0. The van der Waals surface area contributed by atoms with Crippen molar-refractivity contribution in [3.05, 3.63) is 29.8 Å². The Labute approximate surface area is 116 Å². The van der Waals surface area contributed by atoms with Crippen LogP contribution in [0, 0.1) is 12.8 Å². The van der Waals surface area contributed by atoms with E-state index in [1.165, 1.54) is 30.5 Å². The predicted molar refractivity (Wildman–Crippen MR) is 80.6 cm³/mol. The number of hydrogen-bond donors (Lipinski definition) is 0. The molecule has 0 spiro atoms. The maximum Gasteiger partial charge on any atom is 0.137 e. The molecule has 0 aromatic heterocycles. The summed E-state index contributed by atoms with van der Waals surface area (Å²) < 4.78 is 0. The Balaban J connectivity index is 1.97. The second kappa shape index (κ2) is 6.74. The number of ketones is 1. The molecule has 1 aliphatic rings. The number of carbonyl (C=O) groups excluding carboxylic acids is 1. The molecule has 19 heavy (non-hydrogen) atoms. The minimum absolute atomic E-state index is 0.228. The minimum atomic E-state index is 0.228. The number of aryl methyl sites for hydroxylation is 1. The third-order valence-electron chi connectivity index (χ3n) is 4.15. The van der Waals surface area contributed by atoms with Crippen LogP contribution in [0.25, 0.3) is 0 Å². The SMILES string of the molecule is Cc1ccc(N(C)CC2CCCCCCC2=O)cc1. The molecule has 104 valence electrons. The Morgan fingerprint density at radius 1 is 1.11 bits per heavy atom. The largest absolute Gasteiger partial charge is 0.374 e. The first-order valence-electron chi connectivity index (χ1n) is 7.47. The van der Waals surface area contributed by atoms with Gasteiger partial charge in [0.2, 0.25) is 0 Å². The average molecular weight is 259 g/mol. The van der Waals surface area contributed by atoms with Crippen LogP contribution in [0.2, 0.25) is 0 Å². The van der Waals surface area contributed by atoms with Gasteiger partial charge in [-0.15, -0.1) is 0 Å². The van der Waals surface area contributed by atoms with E-state index in [-0.39, 0.29) is 5.92 Å². The van der Waals surface area contributed by atoms with Crippen molar-refractivity contribution in [3.63, 3.8) is 0 Å². The molecule has 1 atom stereocenters. The average Bonchev–Trinajstić information content (AvgIpc) is 2.39. The highest BCUT2D eigenvalue weighted by Crippen LogP contribution is 2.22. The van der Waals surface area contributed by atoms with Gasteiger partial charge in [-0.05, 0) is 31.9 Å². The van der Waals surface area contributed by atoms with E-state index in [0.29, 0.717) is 5.78 Å². The van der Waals surface area contributed by atoms with Gasteiger partial charge in [0.1, 0.15) is 5.78 Å². The first-order chi connectivity index (χ1) is 9.16. The standard InChI is InChI=1S/C17H25NO/c1-14-9-11-16(12-10-14)18(2)13-15-7-5-3-4-6-8-17(15)19/h9-12,15H,3-8,13H2,1-2H3. The monoisotopic (exact) mass is 259 g/mol. The fourth-order valence-electron chi connectivity index (χ4n) is 2.84. The van der Waals surface area contributed by atoms with E-state index < -0.39 is 0 Å². The molecule has 0 saturated heterocycles. The van der Waals surface area contributed by atoms with Crippen molar-refractivity contribution in [2.45, 2.75) is 45.4 Å². The molecule has 1 aromatic rings. The predicted octanol–water partition coefficient (Wildman–Crippen LogP) is 3.97. The molecule has 2 nitrogen and oxygen atoms in total. The molecule has 2 rings (SSSR count). The molecule has 0 amide bonds. The van der Waals surface area contributed by atoms with Crippen LogP contribution in [0.5, 0.6) is 0 Å². The van der Waals surface area contributed by atoms with Crippen molar-refractivity contribution in [2.75, 3.05) is 18.5 Å². The lowest BCUT2D eigenvalue weighted by Gasteiger charge is -2.26. The van der Waals surface area contributed by atoms with E-state index >= 15 is 0 Å². The topological polar surface area (TPSA) is 20.3 Å². The molecular formula is C17H25NO. The van der Waals surface area contributed by atoms with E-state index in [1.54, 1.807) is 0 Å². The zero-order valence-electron chi connectivity index (χ0n) is 12.2. The molecule has 1 aromatic carbocycles. The third kappa shape index (κ3) is 4.09. The highest BCUT2D eigenvalue weighted by atomic mass is 16.1. The normalized spacial score (nSPS) is 20.7. The highest BCUT2D eigenvalue weighted by Gasteiger charge is 2.21. The summed E-state index contributed by atoms with van der Waals surface area (Å²) in [6.45, 7) is 2.96. The molecule has 2 heteroatoms. The number of anilines is 1. The lowest BCUT2D eigenvalue weighted by atomic mass is 9.89.